The molecule has 0 aliphatic carbocycles. The molecule has 0 radical (unpaired) electrons. The van der Waals surface area contributed by atoms with Crippen molar-refractivity contribution in [2.24, 2.45) is 0 Å². The predicted octanol–water partition coefficient (Wildman–Crippen LogP) is 3.96. The summed E-state index contributed by atoms with van der Waals surface area (Å²) in [6.07, 6.45) is 1.64. The van der Waals surface area contributed by atoms with Crippen LogP contribution in [0, 0.1) is 6.92 Å². The van der Waals surface area contributed by atoms with Gasteiger partial charge >= 0.3 is 0 Å². The van der Waals surface area contributed by atoms with Gasteiger partial charge in [-0.3, -0.25) is 4.79 Å². The summed E-state index contributed by atoms with van der Waals surface area (Å²) < 4.78 is 5.09. The van der Waals surface area contributed by atoms with Crippen LogP contribution in [0.5, 0.6) is 11.5 Å². The van der Waals surface area contributed by atoms with Crippen LogP contribution in [0.3, 0.4) is 0 Å². The van der Waals surface area contributed by atoms with Gasteiger partial charge in [0.05, 0.1) is 12.0 Å². The van der Waals surface area contributed by atoms with Gasteiger partial charge in [-0.2, -0.15) is 0 Å². The average Bonchev–Trinajstić information content (AvgIpc) is 2.92. The number of thioether (sulfide) groups is 1. The number of nitrogens with one attached hydrogen (secondary N) is 2. The highest BCUT2D eigenvalue weighted by atomic mass is 35.5. The third kappa shape index (κ3) is 3.86. The fourth-order valence-corrected chi connectivity index (χ4v) is 3.56. The van der Waals surface area contributed by atoms with Crippen molar-refractivity contribution < 1.29 is 14.6 Å². The number of anilines is 1. The van der Waals surface area contributed by atoms with Gasteiger partial charge in [-0.1, -0.05) is 41.6 Å². The third-order valence-electron chi connectivity index (χ3n) is 3.75. The number of aromatic hydroxyl groups is 1. The summed E-state index contributed by atoms with van der Waals surface area (Å²) in [6.45, 7) is 1.96. The predicted molar refractivity (Wildman–Crippen MR) is 102 cm³/mol. The molecule has 0 bridgehead atoms. The maximum atomic E-state index is 12.2. The van der Waals surface area contributed by atoms with E-state index in [1.807, 2.05) is 25.1 Å². The first-order chi connectivity index (χ1) is 12.0. The van der Waals surface area contributed by atoms with E-state index in [0.29, 0.717) is 21.2 Å². The van der Waals surface area contributed by atoms with Crippen LogP contribution in [0.15, 0.2) is 41.3 Å². The summed E-state index contributed by atoms with van der Waals surface area (Å²) in [4.78, 5) is 12.7. The van der Waals surface area contributed by atoms with Crippen LogP contribution in [-0.2, 0) is 4.79 Å². The number of phenols is 1. The highest BCUT2D eigenvalue weighted by Crippen LogP contribution is 2.35. The van der Waals surface area contributed by atoms with Crippen molar-refractivity contribution >= 4 is 41.0 Å². The van der Waals surface area contributed by atoms with Gasteiger partial charge in [-0.05, 0) is 36.8 Å². The second kappa shape index (κ2) is 7.29. The molecule has 3 rings (SSSR count). The van der Waals surface area contributed by atoms with Crippen LogP contribution >= 0.6 is 23.4 Å². The Kier molecular flexibility index (Phi) is 5.11. The molecule has 3 N–H and O–H groups in total. The minimum Gasteiger partial charge on any atom is -0.504 e. The van der Waals surface area contributed by atoms with Crippen molar-refractivity contribution in [3.05, 3.63) is 57.5 Å². The zero-order valence-corrected chi connectivity index (χ0v) is 15.2. The Morgan fingerprint density at radius 3 is 2.92 bits per heavy atom. The normalized spacial score (nSPS) is 18.3. The Bertz CT molecular complexity index is 854. The molecular formula is C18H17ClN2O3S. The minimum absolute atomic E-state index is 0.00740. The first kappa shape index (κ1) is 17.5. The van der Waals surface area contributed by atoms with E-state index >= 15 is 0 Å². The molecule has 1 aliphatic rings. The largest absolute Gasteiger partial charge is 0.504 e. The van der Waals surface area contributed by atoms with Crippen LogP contribution in [0.25, 0.3) is 6.08 Å². The van der Waals surface area contributed by atoms with Gasteiger partial charge in [0.1, 0.15) is 0 Å². The van der Waals surface area contributed by atoms with E-state index in [9.17, 15) is 9.90 Å². The molecule has 1 unspecified atom stereocenters. The van der Waals surface area contributed by atoms with Crippen LogP contribution in [0.2, 0.25) is 5.02 Å². The number of benzene rings is 2. The first-order valence-corrected chi connectivity index (χ1v) is 8.81. The van der Waals surface area contributed by atoms with Crippen LogP contribution < -0.4 is 15.4 Å². The summed E-state index contributed by atoms with van der Waals surface area (Å²) in [5.74, 6) is 0.166. The number of para-hydroxylation sites is 1. The molecule has 130 valence electrons. The molecule has 1 atom stereocenters. The molecule has 1 heterocycles. The number of hydrogen-bond donors (Lipinski definition) is 3. The fraction of sp³-hybridized carbons (Fsp3) is 0.167. The number of ether oxygens (including phenoxy) is 1. The monoisotopic (exact) mass is 376 g/mol. The number of aryl methyl sites for hydroxylation is 1. The Hall–Kier alpha value is -2.31. The lowest BCUT2D eigenvalue weighted by molar-refractivity contribution is -0.116. The number of carbonyl (C=O) groups is 1. The van der Waals surface area contributed by atoms with Crippen molar-refractivity contribution in [1.29, 1.82) is 0 Å². The van der Waals surface area contributed by atoms with Gasteiger partial charge in [0.15, 0.2) is 17.0 Å². The number of phenolic OH excluding ortho intramolecular Hbond substituents is 1. The van der Waals surface area contributed by atoms with Gasteiger partial charge in [0, 0.05) is 16.3 Å². The van der Waals surface area contributed by atoms with E-state index in [2.05, 4.69) is 10.6 Å². The summed E-state index contributed by atoms with van der Waals surface area (Å²) in [6, 6.07) is 10.7. The molecule has 25 heavy (non-hydrogen) atoms. The number of rotatable bonds is 4. The Labute approximate surface area is 155 Å². The lowest BCUT2D eigenvalue weighted by Gasteiger charge is -2.15. The van der Waals surface area contributed by atoms with Gasteiger partial charge in [0.25, 0.3) is 5.91 Å². The highest BCUT2D eigenvalue weighted by Gasteiger charge is 2.27. The molecule has 1 amide bonds. The molecular weight excluding hydrogens is 360 g/mol. The van der Waals surface area contributed by atoms with Crippen LogP contribution in [0.1, 0.15) is 11.1 Å². The average molecular weight is 377 g/mol. The second-order valence-corrected chi connectivity index (χ2v) is 7.06. The number of methoxy groups -OCH3 is 1. The smallest absolute Gasteiger partial charge is 0.260 e. The molecule has 0 spiro atoms. The molecule has 5 nitrogen and oxygen atoms in total. The first-order valence-electron chi connectivity index (χ1n) is 7.56. The molecule has 2 aromatic carbocycles. The van der Waals surface area contributed by atoms with E-state index < -0.39 is 0 Å². The van der Waals surface area contributed by atoms with Crippen molar-refractivity contribution in [3.63, 3.8) is 0 Å². The Morgan fingerprint density at radius 1 is 1.36 bits per heavy atom. The number of amides is 1. The van der Waals surface area contributed by atoms with Crippen molar-refractivity contribution in [3.8, 4) is 11.5 Å². The van der Waals surface area contributed by atoms with E-state index in [-0.39, 0.29) is 17.2 Å². The topological polar surface area (TPSA) is 70.6 Å². The van der Waals surface area contributed by atoms with Gasteiger partial charge < -0.3 is 20.5 Å². The molecule has 2 aromatic rings. The zero-order chi connectivity index (χ0) is 18.0. The van der Waals surface area contributed by atoms with Crippen molar-refractivity contribution in [2.75, 3.05) is 12.4 Å². The van der Waals surface area contributed by atoms with E-state index in [4.69, 9.17) is 16.3 Å². The molecule has 1 aliphatic heterocycles. The van der Waals surface area contributed by atoms with Crippen molar-refractivity contribution in [2.45, 2.75) is 12.4 Å². The maximum Gasteiger partial charge on any atom is 0.260 e. The Balaban J connectivity index is 1.80. The fourth-order valence-electron chi connectivity index (χ4n) is 2.42. The summed E-state index contributed by atoms with van der Waals surface area (Å²) >= 11 is 7.37. The summed E-state index contributed by atoms with van der Waals surface area (Å²) in [7, 11) is 1.48. The van der Waals surface area contributed by atoms with E-state index in [1.54, 1.807) is 24.3 Å². The molecule has 1 saturated heterocycles. The molecule has 0 saturated carbocycles. The Morgan fingerprint density at radius 2 is 2.16 bits per heavy atom. The second-order valence-electron chi connectivity index (χ2n) is 5.48. The zero-order valence-electron chi connectivity index (χ0n) is 13.7. The van der Waals surface area contributed by atoms with E-state index in [1.165, 1.54) is 18.9 Å². The van der Waals surface area contributed by atoms with Gasteiger partial charge in [-0.25, -0.2) is 0 Å². The van der Waals surface area contributed by atoms with Gasteiger partial charge in [0.2, 0.25) is 0 Å². The molecule has 1 fully saturated rings. The quantitative estimate of drug-likeness (QED) is 0.704. The molecule has 0 aromatic heterocycles. The lowest BCUT2D eigenvalue weighted by atomic mass is 10.1. The van der Waals surface area contributed by atoms with Gasteiger partial charge in [-0.15, -0.1) is 0 Å². The standard InChI is InChI=1S/C18H17ClN2O3S/c1-10-6-7-12(19)9-13(10)20-18-21-17(23)15(25-18)8-11-4-3-5-14(24-2)16(11)22/h3-9,18,20,22H,1-2H3,(H,21,23)/b15-8-. The summed E-state index contributed by atoms with van der Waals surface area (Å²) in [5, 5.41) is 16.9. The van der Waals surface area contributed by atoms with E-state index in [0.717, 1.165) is 11.3 Å². The number of hydrogen-bond acceptors (Lipinski definition) is 5. The highest BCUT2D eigenvalue weighted by molar-refractivity contribution is 8.05. The number of carbonyl (C=O) groups excluding carboxylic acids is 1. The minimum atomic E-state index is -0.316. The van der Waals surface area contributed by atoms with Crippen LogP contribution in [-0.4, -0.2) is 23.6 Å². The number of halogens is 1. The molecule has 7 heteroatoms. The SMILES string of the molecule is COc1cccc(/C=C2\SC(Nc3cc(Cl)ccc3C)NC2=O)c1O. The lowest BCUT2D eigenvalue weighted by Crippen LogP contribution is -2.31. The summed E-state index contributed by atoms with van der Waals surface area (Å²) in [5.41, 5.74) is 2.10. The van der Waals surface area contributed by atoms with Crippen molar-refractivity contribution in [1.82, 2.24) is 5.32 Å². The third-order valence-corrected chi connectivity index (χ3v) is 5.02. The van der Waals surface area contributed by atoms with Crippen LogP contribution in [0.4, 0.5) is 5.69 Å². The maximum absolute atomic E-state index is 12.2.